The van der Waals surface area contributed by atoms with Crippen LogP contribution in [0.15, 0.2) is 24.4 Å². The number of Topliss-reactive ketones (excluding diaryl/α,β-unsaturated/α-hetero) is 1. The van der Waals surface area contributed by atoms with E-state index in [-0.39, 0.29) is 6.61 Å². The maximum atomic E-state index is 12.0. The molecule has 2 rings (SSSR count). The van der Waals surface area contributed by atoms with Crippen LogP contribution in [-0.4, -0.2) is 23.3 Å². The number of hydrogen-bond donors (Lipinski definition) is 0. The fourth-order valence-corrected chi connectivity index (χ4v) is 2.00. The second-order valence-corrected chi connectivity index (χ2v) is 4.37. The number of rotatable bonds is 3. The number of hydrogen-bond acceptors (Lipinski definition) is 4. The molecule has 0 radical (unpaired) electrons. The minimum atomic E-state index is -0.814. The Kier molecular flexibility index (Phi) is 3.60. The first kappa shape index (κ1) is 13.2. The highest BCUT2D eigenvalue weighted by Crippen LogP contribution is 2.22. The Labute approximate surface area is 111 Å². The van der Waals surface area contributed by atoms with Gasteiger partial charge in [0.1, 0.15) is 0 Å². The van der Waals surface area contributed by atoms with Gasteiger partial charge in [-0.1, -0.05) is 0 Å². The minimum Gasteiger partial charge on any atom is -0.460 e. The molecule has 0 saturated heterocycles. The lowest BCUT2D eigenvalue weighted by molar-refractivity contribution is -0.137. The molecule has 0 amide bonds. The van der Waals surface area contributed by atoms with E-state index in [0.29, 0.717) is 5.56 Å². The first-order chi connectivity index (χ1) is 9.04. The first-order valence-electron chi connectivity index (χ1n) is 6.12. The number of ether oxygens (including phenoxy) is 1. The van der Waals surface area contributed by atoms with Crippen LogP contribution in [0.2, 0.25) is 0 Å². The molecule has 19 heavy (non-hydrogen) atoms. The number of ketones is 1. The Morgan fingerprint density at radius 3 is 2.68 bits per heavy atom. The molecule has 1 aromatic carbocycles. The average molecular weight is 257 g/mol. The summed E-state index contributed by atoms with van der Waals surface area (Å²) < 4.78 is 4.74. The predicted octanol–water partition coefficient (Wildman–Crippen LogP) is 2.60. The lowest BCUT2D eigenvalue weighted by Gasteiger charge is -2.08. The van der Waals surface area contributed by atoms with Crippen molar-refractivity contribution >= 4 is 22.7 Å². The largest absolute Gasteiger partial charge is 0.460 e. The van der Waals surface area contributed by atoms with Crippen LogP contribution >= 0.6 is 0 Å². The number of aryl methyl sites for hydroxylation is 2. The summed E-state index contributed by atoms with van der Waals surface area (Å²) in [4.78, 5) is 27.8. The quantitative estimate of drug-likeness (QED) is 0.482. The van der Waals surface area contributed by atoms with Gasteiger partial charge in [0.25, 0.3) is 5.78 Å². The van der Waals surface area contributed by atoms with Gasteiger partial charge in [-0.15, -0.1) is 0 Å². The zero-order valence-electron chi connectivity index (χ0n) is 11.2. The summed E-state index contributed by atoms with van der Waals surface area (Å²) in [7, 11) is 0. The third-order valence-corrected chi connectivity index (χ3v) is 2.98. The van der Waals surface area contributed by atoms with Crippen molar-refractivity contribution in [1.29, 1.82) is 0 Å². The monoisotopic (exact) mass is 257 g/mol. The summed E-state index contributed by atoms with van der Waals surface area (Å²) in [6.45, 7) is 5.62. The third-order valence-electron chi connectivity index (χ3n) is 2.98. The van der Waals surface area contributed by atoms with E-state index in [4.69, 9.17) is 4.74 Å². The molecule has 98 valence electrons. The molecule has 2 aromatic rings. The number of carbonyl (C=O) groups is 2. The Hall–Kier alpha value is -2.23. The van der Waals surface area contributed by atoms with E-state index in [2.05, 4.69) is 4.98 Å². The number of carbonyl (C=O) groups excluding carboxylic acids is 2. The Balaban J connectivity index is 2.53. The van der Waals surface area contributed by atoms with Gasteiger partial charge in [-0.25, -0.2) is 4.79 Å². The molecule has 0 spiro atoms. The fraction of sp³-hybridized carbons (Fsp3) is 0.267. The summed E-state index contributed by atoms with van der Waals surface area (Å²) in [5.41, 5.74) is 2.95. The van der Waals surface area contributed by atoms with Gasteiger partial charge in [0.2, 0.25) is 0 Å². The van der Waals surface area contributed by atoms with Crippen LogP contribution in [0.5, 0.6) is 0 Å². The van der Waals surface area contributed by atoms with Gasteiger partial charge in [0, 0.05) is 17.1 Å². The molecule has 0 aliphatic carbocycles. The molecule has 0 fully saturated rings. The zero-order valence-corrected chi connectivity index (χ0v) is 11.2. The van der Waals surface area contributed by atoms with Gasteiger partial charge in [-0.3, -0.25) is 9.78 Å². The van der Waals surface area contributed by atoms with Gasteiger partial charge in [-0.2, -0.15) is 0 Å². The van der Waals surface area contributed by atoms with Crippen LogP contribution in [-0.2, 0) is 9.53 Å². The predicted molar refractivity (Wildman–Crippen MR) is 72.2 cm³/mol. The van der Waals surface area contributed by atoms with Crippen molar-refractivity contribution in [3.63, 3.8) is 0 Å². The lowest BCUT2D eigenvalue weighted by atomic mass is 9.99. The highest BCUT2D eigenvalue weighted by atomic mass is 16.5. The van der Waals surface area contributed by atoms with Crippen molar-refractivity contribution < 1.29 is 14.3 Å². The smallest absolute Gasteiger partial charge is 0.379 e. The zero-order chi connectivity index (χ0) is 14.0. The van der Waals surface area contributed by atoms with Gasteiger partial charge < -0.3 is 4.74 Å². The summed E-state index contributed by atoms with van der Waals surface area (Å²) >= 11 is 0. The maximum Gasteiger partial charge on any atom is 0.379 e. The number of benzene rings is 1. The van der Waals surface area contributed by atoms with Crippen LogP contribution in [0, 0.1) is 13.8 Å². The Morgan fingerprint density at radius 2 is 2.00 bits per heavy atom. The van der Waals surface area contributed by atoms with E-state index in [0.717, 1.165) is 22.0 Å². The van der Waals surface area contributed by atoms with Gasteiger partial charge in [0.05, 0.1) is 12.1 Å². The van der Waals surface area contributed by atoms with E-state index in [1.807, 2.05) is 19.9 Å². The number of aromatic nitrogens is 1. The van der Waals surface area contributed by atoms with Crippen LogP contribution in [0.25, 0.3) is 10.9 Å². The molecule has 0 aliphatic rings. The molecule has 1 heterocycles. The molecule has 0 saturated carbocycles. The van der Waals surface area contributed by atoms with E-state index in [1.165, 1.54) is 0 Å². The molecule has 1 aromatic heterocycles. The second-order valence-electron chi connectivity index (χ2n) is 4.37. The summed E-state index contributed by atoms with van der Waals surface area (Å²) in [5, 5.41) is 0.884. The number of nitrogens with zero attached hydrogens (tertiary/aromatic N) is 1. The molecule has 0 bridgehead atoms. The first-order valence-corrected chi connectivity index (χ1v) is 6.12. The minimum absolute atomic E-state index is 0.192. The molecule has 0 N–H and O–H groups in total. The molecule has 0 unspecified atom stereocenters. The van der Waals surface area contributed by atoms with Gasteiger partial charge in [0.15, 0.2) is 0 Å². The van der Waals surface area contributed by atoms with Crippen molar-refractivity contribution in [3.05, 3.63) is 41.1 Å². The van der Waals surface area contributed by atoms with Crippen LogP contribution in [0.1, 0.15) is 28.4 Å². The van der Waals surface area contributed by atoms with E-state index >= 15 is 0 Å². The SMILES string of the molecule is CCOC(=O)C(=O)c1ccc2ncc(C)cc2c1C. The topological polar surface area (TPSA) is 56.3 Å². The molecular formula is C15H15NO3. The summed E-state index contributed by atoms with van der Waals surface area (Å²) in [5.74, 6) is -1.42. The standard InChI is InChI=1S/C15H15NO3/c1-4-19-15(18)14(17)11-5-6-13-12(10(11)3)7-9(2)8-16-13/h5-8H,4H2,1-3H3. The normalized spacial score (nSPS) is 10.5. The Morgan fingerprint density at radius 1 is 1.26 bits per heavy atom. The molecule has 4 nitrogen and oxygen atoms in total. The number of fused-ring (bicyclic) bond motifs is 1. The van der Waals surface area contributed by atoms with Crippen LogP contribution in [0.3, 0.4) is 0 Å². The average Bonchev–Trinajstić information content (AvgIpc) is 2.39. The van der Waals surface area contributed by atoms with Crippen molar-refractivity contribution in [1.82, 2.24) is 4.98 Å². The van der Waals surface area contributed by atoms with E-state index in [9.17, 15) is 9.59 Å². The summed E-state index contributed by atoms with van der Waals surface area (Å²) in [6, 6.07) is 5.33. The third kappa shape index (κ3) is 2.47. The highest BCUT2D eigenvalue weighted by molar-refractivity contribution is 6.41. The van der Waals surface area contributed by atoms with E-state index < -0.39 is 11.8 Å². The van der Waals surface area contributed by atoms with E-state index in [1.54, 1.807) is 25.3 Å². The van der Waals surface area contributed by atoms with Crippen molar-refractivity contribution in [2.24, 2.45) is 0 Å². The van der Waals surface area contributed by atoms with Crippen molar-refractivity contribution in [3.8, 4) is 0 Å². The molecular weight excluding hydrogens is 242 g/mol. The number of pyridine rings is 1. The molecule has 0 atom stereocenters. The van der Waals surface area contributed by atoms with Crippen molar-refractivity contribution in [2.75, 3.05) is 6.61 Å². The van der Waals surface area contributed by atoms with Crippen molar-refractivity contribution in [2.45, 2.75) is 20.8 Å². The summed E-state index contributed by atoms with van der Waals surface area (Å²) in [6.07, 6.45) is 1.77. The van der Waals surface area contributed by atoms with Gasteiger partial charge in [-0.05, 0) is 50.1 Å². The van der Waals surface area contributed by atoms with Crippen LogP contribution in [0.4, 0.5) is 0 Å². The number of esters is 1. The fourth-order valence-electron chi connectivity index (χ4n) is 2.00. The lowest BCUT2D eigenvalue weighted by Crippen LogP contribution is -2.18. The van der Waals surface area contributed by atoms with Crippen LogP contribution < -0.4 is 0 Å². The Bertz CT molecular complexity index is 662. The van der Waals surface area contributed by atoms with Gasteiger partial charge >= 0.3 is 5.97 Å². The second kappa shape index (κ2) is 5.18. The molecule has 0 aliphatic heterocycles. The maximum absolute atomic E-state index is 12.0. The molecule has 4 heteroatoms. The highest BCUT2D eigenvalue weighted by Gasteiger charge is 2.20.